The summed E-state index contributed by atoms with van der Waals surface area (Å²) in [5.74, 6) is 0.753. The molecule has 0 saturated heterocycles. The third kappa shape index (κ3) is 7.55. The van der Waals surface area contributed by atoms with Gasteiger partial charge in [0, 0.05) is 36.8 Å². The lowest BCUT2D eigenvalue weighted by atomic mass is 9.90. The number of hydrogen-bond donors (Lipinski definition) is 1. The predicted octanol–water partition coefficient (Wildman–Crippen LogP) is 8.35. The van der Waals surface area contributed by atoms with Gasteiger partial charge in [0.2, 0.25) is 0 Å². The number of benzene rings is 4. The molecule has 0 saturated carbocycles. The Morgan fingerprint density at radius 3 is 2.08 bits per heavy atom. The molecular weight excluding hydrogens is 521 g/mol. The Kier molecular flexibility index (Phi) is 9.54. The number of alkyl halides is 3. The molecule has 0 aliphatic rings. The highest BCUT2D eigenvalue weighted by Gasteiger charge is 2.34. The van der Waals surface area contributed by atoms with Crippen molar-refractivity contribution in [1.82, 2.24) is 4.90 Å². The van der Waals surface area contributed by atoms with Crippen LogP contribution in [0.3, 0.4) is 0 Å². The monoisotopic (exact) mass is 552 g/mol. The van der Waals surface area contributed by atoms with Crippen molar-refractivity contribution >= 4 is 17.3 Å². The van der Waals surface area contributed by atoms with Crippen LogP contribution in [0, 0.1) is 6.92 Å². The molecule has 0 aromatic heterocycles. The van der Waals surface area contributed by atoms with Gasteiger partial charge in [0.15, 0.2) is 0 Å². The lowest BCUT2D eigenvalue weighted by Crippen LogP contribution is -2.31. The summed E-state index contributed by atoms with van der Waals surface area (Å²) in [4.78, 5) is 2.15. The zero-order valence-electron chi connectivity index (χ0n) is 21.8. The molecule has 0 amide bonds. The molecule has 0 unspecified atom stereocenters. The average Bonchev–Trinajstić information content (AvgIpc) is 2.93. The maximum atomic E-state index is 13.6. The summed E-state index contributed by atoms with van der Waals surface area (Å²) in [6.07, 6.45) is -3.85. The molecular formula is C32H32ClF3N2O. The molecule has 0 aliphatic carbocycles. The van der Waals surface area contributed by atoms with Crippen molar-refractivity contribution in [3.8, 4) is 5.75 Å². The smallest absolute Gasteiger partial charge is 0.417 e. The van der Waals surface area contributed by atoms with Crippen LogP contribution in [0.15, 0.2) is 97.1 Å². The minimum atomic E-state index is -4.52. The molecule has 0 atom stereocenters. The molecule has 204 valence electrons. The number of rotatable bonds is 11. The van der Waals surface area contributed by atoms with Crippen LogP contribution in [0.2, 0.25) is 5.02 Å². The molecule has 0 heterocycles. The Bertz CT molecular complexity index is 1310. The van der Waals surface area contributed by atoms with Crippen LogP contribution in [0.5, 0.6) is 5.75 Å². The molecule has 7 heteroatoms. The maximum absolute atomic E-state index is 13.6. The third-order valence-electron chi connectivity index (χ3n) is 6.82. The third-order valence-corrected chi connectivity index (χ3v) is 7.27. The number of hydrogen-bond acceptors (Lipinski definition) is 3. The highest BCUT2D eigenvalue weighted by atomic mass is 35.5. The maximum Gasteiger partial charge on any atom is 0.417 e. The standard InChI is InChI=1S/C32H32ClF3N2O/c1-23-29(37)17-9-18-30(23)39-20-10-19-38(21-26-15-8-16-28(31(26)33)32(34,35)36)22-27(24-11-4-2-5-12-24)25-13-6-3-7-14-25/h2-9,11-18,27H,10,19-22,37H2,1H3. The Morgan fingerprint density at radius 2 is 1.46 bits per heavy atom. The van der Waals surface area contributed by atoms with E-state index in [0.717, 1.165) is 28.5 Å². The van der Waals surface area contributed by atoms with E-state index < -0.39 is 11.7 Å². The lowest BCUT2D eigenvalue weighted by Gasteiger charge is -2.29. The van der Waals surface area contributed by atoms with E-state index in [2.05, 4.69) is 29.2 Å². The molecule has 0 spiro atoms. The van der Waals surface area contributed by atoms with E-state index in [1.165, 1.54) is 6.07 Å². The summed E-state index contributed by atoms with van der Waals surface area (Å²) in [5.41, 5.74) is 9.45. The summed E-state index contributed by atoms with van der Waals surface area (Å²) in [6.45, 7) is 3.83. The number of nitrogens with two attached hydrogens (primary N) is 1. The number of nitrogen functional groups attached to an aromatic ring is 1. The number of halogens is 4. The highest BCUT2D eigenvalue weighted by molar-refractivity contribution is 6.32. The molecule has 2 N–H and O–H groups in total. The van der Waals surface area contributed by atoms with Gasteiger partial charge in [0.05, 0.1) is 17.2 Å². The normalized spacial score (nSPS) is 11.8. The zero-order chi connectivity index (χ0) is 27.8. The van der Waals surface area contributed by atoms with Crippen molar-refractivity contribution in [3.63, 3.8) is 0 Å². The van der Waals surface area contributed by atoms with Crippen molar-refractivity contribution < 1.29 is 17.9 Å². The second-order valence-corrected chi connectivity index (χ2v) is 9.94. The van der Waals surface area contributed by atoms with Crippen molar-refractivity contribution in [2.24, 2.45) is 0 Å². The van der Waals surface area contributed by atoms with Gasteiger partial charge in [-0.15, -0.1) is 0 Å². The predicted molar refractivity (Wildman–Crippen MR) is 152 cm³/mol. The Balaban J connectivity index is 1.58. The van der Waals surface area contributed by atoms with E-state index >= 15 is 0 Å². The van der Waals surface area contributed by atoms with E-state index in [9.17, 15) is 13.2 Å². The fourth-order valence-corrected chi connectivity index (χ4v) is 4.98. The minimum absolute atomic E-state index is 0.0223. The van der Waals surface area contributed by atoms with Gasteiger partial charge >= 0.3 is 6.18 Å². The summed E-state index contributed by atoms with van der Waals surface area (Å²) in [6, 6.07) is 29.9. The van der Waals surface area contributed by atoms with E-state index in [0.29, 0.717) is 37.4 Å². The van der Waals surface area contributed by atoms with Gasteiger partial charge in [-0.1, -0.05) is 90.5 Å². The van der Waals surface area contributed by atoms with E-state index in [1.54, 1.807) is 6.07 Å². The van der Waals surface area contributed by atoms with Gasteiger partial charge in [-0.05, 0) is 48.2 Å². The molecule has 4 aromatic rings. The summed E-state index contributed by atoms with van der Waals surface area (Å²) >= 11 is 6.30. The van der Waals surface area contributed by atoms with E-state index in [1.807, 2.05) is 61.5 Å². The molecule has 4 aromatic carbocycles. The largest absolute Gasteiger partial charge is 0.493 e. The van der Waals surface area contributed by atoms with Crippen LogP contribution in [0.25, 0.3) is 0 Å². The lowest BCUT2D eigenvalue weighted by molar-refractivity contribution is -0.137. The van der Waals surface area contributed by atoms with Crippen LogP contribution in [-0.4, -0.2) is 24.6 Å². The van der Waals surface area contributed by atoms with Crippen molar-refractivity contribution in [2.45, 2.75) is 32.0 Å². The van der Waals surface area contributed by atoms with Gasteiger partial charge in [-0.2, -0.15) is 13.2 Å². The van der Waals surface area contributed by atoms with Gasteiger partial charge < -0.3 is 10.5 Å². The topological polar surface area (TPSA) is 38.5 Å². The van der Waals surface area contributed by atoms with Gasteiger partial charge in [-0.3, -0.25) is 4.90 Å². The average molecular weight is 553 g/mol. The van der Waals surface area contributed by atoms with Gasteiger partial charge in [0.25, 0.3) is 0 Å². The first kappa shape index (κ1) is 28.5. The highest BCUT2D eigenvalue weighted by Crippen LogP contribution is 2.37. The Hall–Kier alpha value is -3.48. The summed E-state index contributed by atoms with van der Waals surface area (Å²) in [5, 5.41) is -0.252. The van der Waals surface area contributed by atoms with E-state index in [-0.39, 0.29) is 17.5 Å². The first-order valence-corrected chi connectivity index (χ1v) is 13.3. The fraction of sp³-hybridized carbons (Fsp3) is 0.250. The second-order valence-electron chi connectivity index (χ2n) is 9.56. The second kappa shape index (κ2) is 13.0. The number of ether oxygens (including phenoxy) is 1. The first-order valence-electron chi connectivity index (χ1n) is 12.9. The SMILES string of the molecule is Cc1c(N)cccc1OCCCN(Cc1cccc(C(F)(F)F)c1Cl)CC(c1ccccc1)c1ccccc1. The first-order chi connectivity index (χ1) is 18.7. The number of nitrogens with zero attached hydrogens (tertiary/aromatic N) is 1. The van der Waals surface area contributed by atoms with Crippen molar-refractivity contribution in [1.29, 1.82) is 0 Å². The zero-order valence-corrected chi connectivity index (χ0v) is 22.6. The summed E-state index contributed by atoms with van der Waals surface area (Å²) < 4.78 is 46.7. The molecule has 39 heavy (non-hydrogen) atoms. The van der Waals surface area contributed by atoms with Gasteiger partial charge in [0.1, 0.15) is 5.75 Å². The van der Waals surface area contributed by atoms with Crippen LogP contribution >= 0.6 is 11.6 Å². The van der Waals surface area contributed by atoms with E-state index in [4.69, 9.17) is 22.1 Å². The molecule has 3 nitrogen and oxygen atoms in total. The fourth-order valence-electron chi connectivity index (χ4n) is 4.69. The van der Waals surface area contributed by atoms with Crippen LogP contribution in [-0.2, 0) is 12.7 Å². The molecule has 0 fully saturated rings. The number of anilines is 1. The quantitative estimate of drug-likeness (QED) is 0.150. The molecule has 0 bridgehead atoms. The Morgan fingerprint density at radius 1 is 0.846 bits per heavy atom. The van der Waals surface area contributed by atoms with Crippen molar-refractivity contribution in [3.05, 3.63) is 130 Å². The molecule has 0 radical (unpaired) electrons. The summed E-state index contributed by atoms with van der Waals surface area (Å²) in [7, 11) is 0. The van der Waals surface area contributed by atoms with Gasteiger partial charge in [-0.25, -0.2) is 0 Å². The van der Waals surface area contributed by atoms with Crippen molar-refractivity contribution in [2.75, 3.05) is 25.4 Å². The van der Waals surface area contributed by atoms with Crippen LogP contribution in [0.4, 0.5) is 18.9 Å². The molecule has 0 aliphatic heterocycles. The Labute approximate surface area is 233 Å². The van der Waals surface area contributed by atoms with Crippen LogP contribution in [0.1, 0.15) is 40.2 Å². The van der Waals surface area contributed by atoms with Crippen LogP contribution < -0.4 is 10.5 Å². The molecule has 4 rings (SSSR count). The minimum Gasteiger partial charge on any atom is -0.493 e.